The first-order chi connectivity index (χ1) is 12.5. The van der Waals surface area contributed by atoms with Crippen molar-refractivity contribution in [2.24, 2.45) is 7.05 Å². The highest BCUT2D eigenvalue weighted by Crippen LogP contribution is 2.22. The minimum atomic E-state index is -0.833. The van der Waals surface area contributed by atoms with Crippen molar-refractivity contribution in [3.05, 3.63) is 59.5 Å². The van der Waals surface area contributed by atoms with Crippen molar-refractivity contribution < 1.29 is 22.8 Å². The van der Waals surface area contributed by atoms with Crippen LogP contribution in [-0.2, 0) is 13.7 Å². The zero-order chi connectivity index (χ0) is 18.7. The molecule has 1 atom stereocenters. The van der Waals surface area contributed by atoms with E-state index in [1.54, 1.807) is 14.0 Å². The SMILES string of the molecule is C[C@H](NC(=O)c1cc(COc2c(F)cccc2F)on1)c1ncnn1C. The van der Waals surface area contributed by atoms with Crippen LogP contribution in [0.2, 0.25) is 0 Å². The molecule has 3 aromatic rings. The first-order valence-electron chi connectivity index (χ1n) is 7.63. The van der Waals surface area contributed by atoms with E-state index in [9.17, 15) is 13.6 Å². The van der Waals surface area contributed by atoms with E-state index in [2.05, 4.69) is 20.6 Å². The van der Waals surface area contributed by atoms with Crippen LogP contribution in [0.15, 0.2) is 35.1 Å². The normalized spacial score (nSPS) is 12.0. The molecule has 2 heterocycles. The van der Waals surface area contributed by atoms with E-state index >= 15 is 0 Å². The van der Waals surface area contributed by atoms with Crippen molar-refractivity contribution in [2.75, 3.05) is 0 Å². The van der Waals surface area contributed by atoms with Crippen molar-refractivity contribution in [3.8, 4) is 5.75 Å². The first-order valence-corrected chi connectivity index (χ1v) is 7.63. The number of carbonyl (C=O) groups is 1. The number of ether oxygens (including phenoxy) is 1. The fraction of sp³-hybridized carbons (Fsp3) is 0.250. The lowest BCUT2D eigenvalue weighted by molar-refractivity contribution is 0.0928. The van der Waals surface area contributed by atoms with Crippen LogP contribution >= 0.6 is 0 Å². The molecule has 0 bridgehead atoms. The zero-order valence-corrected chi connectivity index (χ0v) is 13.9. The Labute approximate surface area is 146 Å². The maximum Gasteiger partial charge on any atom is 0.274 e. The van der Waals surface area contributed by atoms with E-state index in [1.807, 2.05) is 0 Å². The van der Waals surface area contributed by atoms with Crippen molar-refractivity contribution in [2.45, 2.75) is 19.6 Å². The number of hydrogen-bond acceptors (Lipinski definition) is 6. The summed E-state index contributed by atoms with van der Waals surface area (Å²) in [6.07, 6.45) is 1.38. The summed E-state index contributed by atoms with van der Waals surface area (Å²) in [5.74, 6) is -1.97. The molecule has 26 heavy (non-hydrogen) atoms. The Hall–Kier alpha value is -3.30. The number of aryl methyl sites for hydroxylation is 1. The highest BCUT2D eigenvalue weighted by molar-refractivity contribution is 5.92. The molecule has 0 aliphatic rings. The van der Waals surface area contributed by atoms with Crippen LogP contribution in [0, 0.1) is 11.6 Å². The Morgan fingerprint density at radius 2 is 2.12 bits per heavy atom. The molecule has 3 rings (SSSR count). The molecule has 0 saturated carbocycles. The molecule has 1 aromatic carbocycles. The van der Waals surface area contributed by atoms with Crippen LogP contribution in [0.5, 0.6) is 5.75 Å². The Kier molecular flexibility index (Phi) is 4.92. The molecular formula is C16H15F2N5O3. The topological polar surface area (TPSA) is 95.1 Å². The van der Waals surface area contributed by atoms with Crippen molar-refractivity contribution in [1.29, 1.82) is 0 Å². The maximum absolute atomic E-state index is 13.5. The quantitative estimate of drug-likeness (QED) is 0.721. The van der Waals surface area contributed by atoms with Crippen LogP contribution in [0.25, 0.3) is 0 Å². The third-order valence-corrected chi connectivity index (χ3v) is 3.55. The number of para-hydroxylation sites is 1. The van der Waals surface area contributed by atoms with Crippen molar-refractivity contribution in [3.63, 3.8) is 0 Å². The summed E-state index contributed by atoms with van der Waals surface area (Å²) in [5, 5.41) is 10.3. The summed E-state index contributed by atoms with van der Waals surface area (Å²) >= 11 is 0. The summed E-state index contributed by atoms with van der Waals surface area (Å²) in [6.45, 7) is 1.46. The minimum absolute atomic E-state index is 0.00613. The molecule has 0 aliphatic carbocycles. The third kappa shape index (κ3) is 3.68. The monoisotopic (exact) mass is 363 g/mol. The molecule has 0 aliphatic heterocycles. The van der Waals surface area contributed by atoms with Crippen LogP contribution < -0.4 is 10.1 Å². The van der Waals surface area contributed by atoms with Gasteiger partial charge in [0, 0.05) is 13.1 Å². The van der Waals surface area contributed by atoms with Crippen LogP contribution in [-0.4, -0.2) is 25.8 Å². The van der Waals surface area contributed by atoms with Gasteiger partial charge >= 0.3 is 0 Å². The van der Waals surface area contributed by atoms with Crippen LogP contribution in [0.1, 0.15) is 35.0 Å². The van der Waals surface area contributed by atoms with Gasteiger partial charge in [0.1, 0.15) is 18.8 Å². The second-order valence-electron chi connectivity index (χ2n) is 5.45. The van der Waals surface area contributed by atoms with Crippen molar-refractivity contribution >= 4 is 5.91 Å². The van der Waals surface area contributed by atoms with Gasteiger partial charge in [-0.05, 0) is 19.1 Å². The van der Waals surface area contributed by atoms with Gasteiger partial charge in [0.2, 0.25) is 0 Å². The molecule has 8 nitrogen and oxygen atoms in total. The number of carbonyl (C=O) groups excluding carboxylic acids is 1. The molecule has 10 heteroatoms. The van der Waals surface area contributed by atoms with Gasteiger partial charge in [0.05, 0.1) is 6.04 Å². The lowest BCUT2D eigenvalue weighted by Crippen LogP contribution is -2.28. The fourth-order valence-corrected chi connectivity index (χ4v) is 2.28. The summed E-state index contributed by atoms with van der Waals surface area (Å²) in [5.41, 5.74) is 0.00613. The van der Waals surface area contributed by atoms with E-state index in [0.717, 1.165) is 12.1 Å². The van der Waals surface area contributed by atoms with Crippen molar-refractivity contribution in [1.82, 2.24) is 25.2 Å². The first kappa shape index (κ1) is 17.5. The van der Waals surface area contributed by atoms with E-state index < -0.39 is 29.3 Å². The molecule has 2 aromatic heterocycles. The Bertz CT molecular complexity index is 904. The average molecular weight is 363 g/mol. The van der Waals surface area contributed by atoms with Crippen LogP contribution in [0.3, 0.4) is 0 Å². The number of amides is 1. The lowest BCUT2D eigenvalue weighted by atomic mass is 10.3. The molecule has 0 unspecified atom stereocenters. The van der Waals surface area contributed by atoms with Gasteiger partial charge in [-0.15, -0.1) is 0 Å². The smallest absolute Gasteiger partial charge is 0.274 e. The predicted octanol–water partition coefficient (Wildman–Crippen LogP) is 2.15. The zero-order valence-electron chi connectivity index (χ0n) is 13.9. The molecule has 136 valence electrons. The molecule has 0 fully saturated rings. The van der Waals surface area contributed by atoms with E-state index in [1.165, 1.54) is 23.1 Å². The summed E-state index contributed by atoms with van der Waals surface area (Å²) in [4.78, 5) is 16.3. The van der Waals surface area contributed by atoms with Gasteiger partial charge in [-0.25, -0.2) is 13.8 Å². The molecule has 0 radical (unpaired) electrons. The predicted molar refractivity (Wildman–Crippen MR) is 84.1 cm³/mol. The standard InChI is InChI=1S/C16H15F2N5O3/c1-9(15-19-8-20-23(15)2)21-16(24)13-6-10(26-22-13)7-25-14-11(17)4-3-5-12(14)18/h3-6,8-9H,7H2,1-2H3,(H,21,24)/t9-/m0/s1. The summed E-state index contributed by atoms with van der Waals surface area (Å²) in [6, 6.07) is 4.31. The number of hydrogen-bond donors (Lipinski definition) is 1. The molecule has 0 spiro atoms. The maximum atomic E-state index is 13.5. The highest BCUT2D eigenvalue weighted by atomic mass is 19.1. The second-order valence-corrected chi connectivity index (χ2v) is 5.45. The number of nitrogens with zero attached hydrogens (tertiary/aromatic N) is 4. The van der Waals surface area contributed by atoms with Gasteiger partial charge in [0.15, 0.2) is 28.8 Å². The highest BCUT2D eigenvalue weighted by Gasteiger charge is 2.19. The fourth-order valence-electron chi connectivity index (χ4n) is 2.28. The van der Waals surface area contributed by atoms with E-state index in [0.29, 0.717) is 5.82 Å². The number of benzene rings is 1. The van der Waals surface area contributed by atoms with Gasteiger partial charge in [-0.3, -0.25) is 9.48 Å². The Balaban J connectivity index is 1.62. The lowest BCUT2D eigenvalue weighted by Gasteiger charge is -2.11. The summed E-state index contributed by atoms with van der Waals surface area (Å²) in [7, 11) is 1.71. The van der Waals surface area contributed by atoms with Gasteiger partial charge in [0.25, 0.3) is 5.91 Å². The average Bonchev–Trinajstić information content (AvgIpc) is 3.23. The van der Waals surface area contributed by atoms with Crippen LogP contribution in [0.4, 0.5) is 8.78 Å². The second kappa shape index (κ2) is 7.30. The Morgan fingerprint density at radius 1 is 1.38 bits per heavy atom. The third-order valence-electron chi connectivity index (χ3n) is 3.55. The van der Waals surface area contributed by atoms with Gasteiger partial charge in [-0.1, -0.05) is 11.2 Å². The number of aromatic nitrogens is 4. The van der Waals surface area contributed by atoms with E-state index in [4.69, 9.17) is 9.26 Å². The molecular weight excluding hydrogens is 348 g/mol. The number of nitrogens with one attached hydrogen (secondary N) is 1. The molecule has 0 saturated heterocycles. The molecule has 1 amide bonds. The van der Waals surface area contributed by atoms with Gasteiger partial charge in [-0.2, -0.15) is 5.10 Å². The Morgan fingerprint density at radius 3 is 2.77 bits per heavy atom. The minimum Gasteiger partial charge on any atom is -0.479 e. The van der Waals surface area contributed by atoms with Gasteiger partial charge < -0.3 is 14.6 Å². The summed E-state index contributed by atoms with van der Waals surface area (Å²) < 4.78 is 38.6. The molecule has 1 N–H and O–H groups in total. The number of halogens is 2. The van der Waals surface area contributed by atoms with E-state index in [-0.39, 0.29) is 18.1 Å². The largest absolute Gasteiger partial charge is 0.479 e. The number of rotatable bonds is 6.